The van der Waals surface area contributed by atoms with E-state index in [1.165, 1.54) is 6.08 Å². The number of carbonyl (C=O) groups is 2. The van der Waals surface area contributed by atoms with Crippen molar-refractivity contribution in [1.82, 2.24) is 4.90 Å². The van der Waals surface area contributed by atoms with Gasteiger partial charge in [0.25, 0.3) is 0 Å². The molecule has 1 N–H and O–H groups in total. The molecule has 0 aromatic rings. The van der Waals surface area contributed by atoms with Crippen molar-refractivity contribution in [3.8, 4) is 0 Å². The molecular weight excluding hydrogens is 222 g/mol. The van der Waals surface area contributed by atoms with Crippen LogP contribution in [0.1, 0.15) is 25.7 Å². The average molecular weight is 241 g/mol. The van der Waals surface area contributed by atoms with Gasteiger partial charge in [-0.2, -0.15) is 0 Å². The topological polar surface area (TPSA) is 66.8 Å². The lowest BCUT2D eigenvalue weighted by atomic mass is 9.94. The Balaban J connectivity index is 2.34. The van der Waals surface area contributed by atoms with Gasteiger partial charge in [-0.05, 0) is 25.2 Å². The van der Waals surface area contributed by atoms with Crippen LogP contribution in [0.5, 0.6) is 0 Å². The number of piperidine rings is 1. The fraction of sp³-hybridized carbons (Fsp3) is 0.667. The largest absolute Gasteiger partial charge is 0.481 e. The number of aliphatic carboxylic acids is 1. The van der Waals surface area contributed by atoms with Crippen molar-refractivity contribution in [2.24, 2.45) is 5.92 Å². The van der Waals surface area contributed by atoms with Crippen LogP contribution in [0.3, 0.4) is 0 Å². The van der Waals surface area contributed by atoms with Crippen LogP contribution >= 0.6 is 0 Å². The Morgan fingerprint density at radius 3 is 2.94 bits per heavy atom. The van der Waals surface area contributed by atoms with Crippen molar-refractivity contribution in [1.29, 1.82) is 0 Å². The van der Waals surface area contributed by atoms with E-state index in [0.717, 1.165) is 12.8 Å². The smallest absolute Gasteiger partial charge is 0.410 e. The number of rotatable bonds is 5. The summed E-state index contributed by atoms with van der Waals surface area (Å²) in [6, 6.07) is 0. The van der Waals surface area contributed by atoms with Crippen LogP contribution in [0.2, 0.25) is 0 Å². The first-order valence-corrected chi connectivity index (χ1v) is 5.88. The van der Waals surface area contributed by atoms with E-state index in [1.54, 1.807) is 4.90 Å². The molecule has 1 aliphatic heterocycles. The minimum Gasteiger partial charge on any atom is -0.481 e. The lowest BCUT2D eigenvalue weighted by Gasteiger charge is -2.31. The maximum atomic E-state index is 11.6. The summed E-state index contributed by atoms with van der Waals surface area (Å²) in [6.45, 7) is 4.99. The van der Waals surface area contributed by atoms with Crippen molar-refractivity contribution >= 4 is 12.1 Å². The minimum absolute atomic E-state index is 0.167. The molecule has 0 aromatic carbocycles. The summed E-state index contributed by atoms with van der Waals surface area (Å²) in [5, 5.41) is 8.62. The fourth-order valence-electron chi connectivity index (χ4n) is 2.02. The van der Waals surface area contributed by atoms with Crippen LogP contribution in [0.25, 0.3) is 0 Å². The summed E-state index contributed by atoms with van der Waals surface area (Å²) in [7, 11) is 0. The normalized spacial score (nSPS) is 19.8. The van der Waals surface area contributed by atoms with Crippen molar-refractivity contribution < 1.29 is 19.4 Å². The monoisotopic (exact) mass is 241 g/mol. The number of hydrogen-bond donors (Lipinski definition) is 1. The van der Waals surface area contributed by atoms with E-state index >= 15 is 0 Å². The van der Waals surface area contributed by atoms with Gasteiger partial charge in [0, 0.05) is 19.5 Å². The third-order valence-corrected chi connectivity index (χ3v) is 2.87. The SMILES string of the molecule is C=CCOC(=O)N1CCCC(CCC(=O)O)C1. The molecule has 1 aliphatic rings. The number of ether oxygens (including phenoxy) is 1. The van der Waals surface area contributed by atoms with E-state index in [-0.39, 0.29) is 25.0 Å². The summed E-state index contributed by atoms with van der Waals surface area (Å²) in [4.78, 5) is 23.7. The van der Waals surface area contributed by atoms with Gasteiger partial charge in [-0.1, -0.05) is 12.7 Å². The second-order valence-corrected chi connectivity index (χ2v) is 4.25. The molecule has 1 unspecified atom stereocenters. The van der Waals surface area contributed by atoms with Crippen molar-refractivity contribution in [3.05, 3.63) is 12.7 Å². The molecule has 1 atom stereocenters. The number of carbonyl (C=O) groups excluding carboxylic acids is 1. The minimum atomic E-state index is -0.781. The summed E-state index contributed by atoms with van der Waals surface area (Å²) in [6.07, 6.45) is 3.89. The second-order valence-electron chi connectivity index (χ2n) is 4.25. The van der Waals surface area contributed by atoms with Crippen molar-refractivity contribution in [2.45, 2.75) is 25.7 Å². The zero-order valence-corrected chi connectivity index (χ0v) is 9.93. The molecule has 1 amide bonds. The molecule has 0 bridgehead atoms. The molecule has 0 aliphatic carbocycles. The highest BCUT2D eigenvalue weighted by Gasteiger charge is 2.24. The van der Waals surface area contributed by atoms with Gasteiger partial charge in [0.2, 0.25) is 0 Å². The Hall–Kier alpha value is -1.52. The molecule has 0 radical (unpaired) electrons. The molecule has 96 valence electrons. The van der Waals surface area contributed by atoms with Gasteiger partial charge < -0.3 is 14.7 Å². The van der Waals surface area contributed by atoms with Crippen molar-refractivity contribution in [3.63, 3.8) is 0 Å². The maximum absolute atomic E-state index is 11.6. The van der Waals surface area contributed by atoms with E-state index in [9.17, 15) is 9.59 Å². The molecule has 1 fully saturated rings. The third kappa shape index (κ3) is 4.89. The highest BCUT2D eigenvalue weighted by atomic mass is 16.6. The summed E-state index contributed by atoms with van der Waals surface area (Å²) >= 11 is 0. The van der Waals surface area contributed by atoms with Gasteiger partial charge >= 0.3 is 12.1 Å². The number of carboxylic acid groups (broad SMARTS) is 1. The zero-order chi connectivity index (χ0) is 12.7. The Kier molecular flexibility index (Phi) is 5.52. The molecule has 1 heterocycles. The standard InChI is InChI=1S/C12H19NO4/c1-2-8-17-12(16)13-7-3-4-10(9-13)5-6-11(14)15/h2,10H,1,3-9H2,(H,14,15). The highest BCUT2D eigenvalue weighted by Crippen LogP contribution is 2.21. The van der Waals surface area contributed by atoms with E-state index in [1.807, 2.05) is 0 Å². The van der Waals surface area contributed by atoms with Gasteiger partial charge in [0.1, 0.15) is 6.61 Å². The van der Waals surface area contributed by atoms with Gasteiger partial charge in [-0.25, -0.2) is 4.79 Å². The molecular formula is C12H19NO4. The van der Waals surface area contributed by atoms with Crippen LogP contribution in [0.4, 0.5) is 4.79 Å². The molecule has 1 rings (SSSR count). The number of amides is 1. The maximum Gasteiger partial charge on any atom is 0.410 e. The van der Waals surface area contributed by atoms with Crippen LogP contribution in [0, 0.1) is 5.92 Å². The number of nitrogens with zero attached hydrogens (tertiary/aromatic N) is 1. The van der Waals surface area contributed by atoms with Crippen LogP contribution in [0.15, 0.2) is 12.7 Å². The Labute approximate surface area is 101 Å². The van der Waals surface area contributed by atoms with E-state index < -0.39 is 5.97 Å². The Morgan fingerprint density at radius 2 is 2.29 bits per heavy atom. The molecule has 5 heteroatoms. The Morgan fingerprint density at radius 1 is 1.53 bits per heavy atom. The number of carboxylic acids is 1. The highest BCUT2D eigenvalue weighted by molar-refractivity contribution is 5.68. The molecule has 0 aromatic heterocycles. The fourth-order valence-corrected chi connectivity index (χ4v) is 2.02. The number of likely N-dealkylation sites (tertiary alicyclic amines) is 1. The predicted molar refractivity (Wildman–Crippen MR) is 62.7 cm³/mol. The molecule has 1 saturated heterocycles. The second kappa shape index (κ2) is 6.93. The first-order chi connectivity index (χ1) is 8.13. The zero-order valence-electron chi connectivity index (χ0n) is 9.93. The quantitative estimate of drug-likeness (QED) is 0.746. The summed E-state index contributed by atoms with van der Waals surface area (Å²) in [5.41, 5.74) is 0. The third-order valence-electron chi connectivity index (χ3n) is 2.87. The molecule has 0 spiro atoms. The van der Waals surface area contributed by atoms with Gasteiger partial charge in [0.15, 0.2) is 0 Å². The molecule has 5 nitrogen and oxygen atoms in total. The van der Waals surface area contributed by atoms with Gasteiger partial charge in [-0.15, -0.1) is 0 Å². The average Bonchev–Trinajstić information content (AvgIpc) is 2.33. The van der Waals surface area contributed by atoms with Crippen molar-refractivity contribution in [2.75, 3.05) is 19.7 Å². The predicted octanol–water partition coefficient (Wildman–Crippen LogP) is 1.89. The summed E-state index contributed by atoms with van der Waals surface area (Å²) in [5.74, 6) is -0.507. The van der Waals surface area contributed by atoms with Gasteiger partial charge in [0.05, 0.1) is 0 Å². The van der Waals surface area contributed by atoms with E-state index in [4.69, 9.17) is 9.84 Å². The first kappa shape index (κ1) is 13.5. The molecule has 0 saturated carbocycles. The first-order valence-electron chi connectivity index (χ1n) is 5.88. The van der Waals surface area contributed by atoms with Crippen LogP contribution in [-0.2, 0) is 9.53 Å². The van der Waals surface area contributed by atoms with Crippen LogP contribution in [-0.4, -0.2) is 41.8 Å². The summed E-state index contributed by atoms with van der Waals surface area (Å²) < 4.78 is 4.96. The van der Waals surface area contributed by atoms with Crippen LogP contribution < -0.4 is 0 Å². The van der Waals surface area contributed by atoms with E-state index in [2.05, 4.69) is 6.58 Å². The molecule has 17 heavy (non-hydrogen) atoms. The Bertz CT molecular complexity index is 290. The number of hydrogen-bond acceptors (Lipinski definition) is 3. The lowest BCUT2D eigenvalue weighted by Crippen LogP contribution is -2.40. The van der Waals surface area contributed by atoms with Gasteiger partial charge in [-0.3, -0.25) is 4.79 Å². The van der Waals surface area contributed by atoms with E-state index in [0.29, 0.717) is 19.5 Å². The lowest BCUT2D eigenvalue weighted by molar-refractivity contribution is -0.137.